The summed E-state index contributed by atoms with van der Waals surface area (Å²) in [7, 11) is 0. The van der Waals surface area contributed by atoms with E-state index in [1.165, 1.54) is 5.57 Å². The molecule has 0 spiro atoms. The van der Waals surface area contributed by atoms with Gasteiger partial charge >= 0.3 is 115 Å². The molecule has 13 heteroatoms. The molecule has 0 radical (unpaired) electrons. The first-order valence-electron chi connectivity index (χ1n) is 16.8. The summed E-state index contributed by atoms with van der Waals surface area (Å²) < 4.78 is 9.62. The first-order valence-corrected chi connectivity index (χ1v) is 16.8. The van der Waals surface area contributed by atoms with E-state index >= 15 is 0 Å². The second-order valence-corrected chi connectivity index (χ2v) is 15.7. The van der Waals surface area contributed by atoms with Gasteiger partial charge in [-0.25, -0.2) is 9.59 Å². The molecule has 8 atom stereocenters. The molecule has 2 aliphatic heterocycles. The van der Waals surface area contributed by atoms with E-state index in [9.17, 15) is 29.1 Å². The van der Waals surface area contributed by atoms with Crippen LogP contribution in [0, 0.1) is 45.8 Å². The van der Waals surface area contributed by atoms with Crippen molar-refractivity contribution in [2.24, 2.45) is 45.8 Å². The van der Waals surface area contributed by atoms with E-state index in [-0.39, 0.29) is 144 Å². The average molecular weight is 769 g/mol. The summed E-state index contributed by atoms with van der Waals surface area (Å²) in [5.74, 6) is 0.566. The fourth-order valence-corrected chi connectivity index (χ4v) is 7.09. The van der Waals surface area contributed by atoms with E-state index in [4.69, 9.17) is 14.8 Å². The third kappa shape index (κ3) is 13.6. The van der Waals surface area contributed by atoms with Crippen molar-refractivity contribution in [1.82, 2.24) is 0 Å². The molecule has 3 aliphatic carbocycles. The SMILES string of the molecule is CC1=C(C=O)C(C)(C)[C@H](C)CC1O.CC1=CC[C@@H](C)C(C)(C)[C@@H]1C=O.C[C@@H]1CC2OC2(C)[C@@H](C=O)C1(C)C.O=C1C=CC(=O)O1.O=CO[O-].[H-].[K+].[K+]. The molecular formula is C38H58K2O11. The van der Waals surface area contributed by atoms with Gasteiger partial charge in [0.2, 0.25) is 0 Å². The maximum Gasteiger partial charge on any atom is 1.00 e. The molecule has 2 fully saturated rings. The normalized spacial score (nSPS) is 32.7. The summed E-state index contributed by atoms with van der Waals surface area (Å²) in [5.41, 5.74) is 2.86. The van der Waals surface area contributed by atoms with Crippen molar-refractivity contribution in [1.29, 1.82) is 0 Å². The van der Waals surface area contributed by atoms with Gasteiger partial charge in [0.05, 0.1) is 18.1 Å². The van der Waals surface area contributed by atoms with Crippen LogP contribution in [0.1, 0.15) is 104 Å². The predicted molar refractivity (Wildman–Crippen MR) is 182 cm³/mol. The molecule has 0 aromatic carbocycles. The number of hydrogen-bond donors (Lipinski definition) is 1. The minimum atomic E-state index is -0.579. The summed E-state index contributed by atoms with van der Waals surface area (Å²) in [6.45, 7) is 25.2. The average Bonchev–Trinajstić information content (AvgIpc) is 3.51. The van der Waals surface area contributed by atoms with Gasteiger partial charge in [0, 0.05) is 18.1 Å². The van der Waals surface area contributed by atoms with E-state index in [2.05, 4.69) is 91.9 Å². The fraction of sp³-hybridized carbons (Fsp3) is 0.684. The van der Waals surface area contributed by atoms with Crippen molar-refractivity contribution in [3.05, 3.63) is 34.9 Å². The van der Waals surface area contributed by atoms with Crippen LogP contribution in [0.4, 0.5) is 0 Å². The first-order chi connectivity index (χ1) is 22.5. The zero-order chi connectivity index (χ0) is 38.1. The second-order valence-electron chi connectivity index (χ2n) is 15.7. The Bertz CT molecular complexity index is 1310. The topological polar surface area (TPSA) is 177 Å². The quantitative estimate of drug-likeness (QED) is 0.0540. The maximum absolute atomic E-state index is 11.1. The van der Waals surface area contributed by atoms with Gasteiger partial charge in [-0.2, -0.15) is 0 Å². The number of aldehydes is 3. The van der Waals surface area contributed by atoms with Crippen LogP contribution in [0.5, 0.6) is 0 Å². The Morgan fingerprint density at radius 2 is 1.35 bits per heavy atom. The molecule has 5 rings (SSSR count). The molecule has 2 heterocycles. The standard InChI is InChI=1S/2C11H18O2.C11H18O.C4H2O3.CH2O3.2K.H/c1-7-5-9-11(4,13-9)8(6-12)10(7,2)3;1-7-5-10(13)8(2)9(6-12)11(7,3)4;1-8-5-6-9(2)11(3,4)10(8)7-12;5-3-1-2-4(6)7-3;2-1-4-3;;;/h6-9H,5H2,1-4H3;6-7,10,13H,5H2,1-4H3;5,7,9-10H,6H2,1-4H3;1-2H;1,3H;;;/q;;;;;2*+1;-1/p-1/t7-,8+,9?,11?;7-,10?;9-,10-;;;;;/m111...../s1. The minimum absolute atomic E-state index is 0. The van der Waals surface area contributed by atoms with Crippen molar-refractivity contribution in [3.8, 4) is 0 Å². The summed E-state index contributed by atoms with van der Waals surface area (Å²) in [5, 5.41) is 18.1. The van der Waals surface area contributed by atoms with Crippen molar-refractivity contribution in [3.63, 3.8) is 0 Å². The third-order valence-corrected chi connectivity index (χ3v) is 12.0. The van der Waals surface area contributed by atoms with E-state index in [1.54, 1.807) is 0 Å². The van der Waals surface area contributed by atoms with Crippen molar-refractivity contribution < 1.29 is 158 Å². The molecular weight excluding hydrogens is 711 g/mol. The molecule has 5 aliphatic rings. The number of carbonyl (C=O) groups excluding carboxylic acids is 6. The first kappa shape index (κ1) is 53.1. The van der Waals surface area contributed by atoms with Crippen molar-refractivity contribution in [2.75, 3.05) is 0 Å². The molecule has 0 aromatic rings. The summed E-state index contributed by atoms with van der Waals surface area (Å²) in [4.78, 5) is 64.0. The van der Waals surface area contributed by atoms with E-state index in [1.807, 2.05) is 6.92 Å². The maximum atomic E-state index is 11.1. The van der Waals surface area contributed by atoms with Gasteiger partial charge in [-0.3, -0.25) is 9.59 Å². The molecule has 1 saturated carbocycles. The third-order valence-electron chi connectivity index (χ3n) is 12.0. The minimum Gasteiger partial charge on any atom is -1.00 e. The van der Waals surface area contributed by atoms with Crippen LogP contribution >= 0.6 is 0 Å². The van der Waals surface area contributed by atoms with E-state index in [0.717, 1.165) is 61.4 Å². The van der Waals surface area contributed by atoms with Crippen LogP contribution in [0.2, 0.25) is 0 Å². The number of allylic oxidation sites excluding steroid dienone is 3. The number of carbonyl (C=O) groups is 6. The van der Waals surface area contributed by atoms with Crippen molar-refractivity contribution >= 4 is 37.3 Å². The fourth-order valence-electron chi connectivity index (χ4n) is 7.09. The molecule has 0 bridgehead atoms. The van der Waals surface area contributed by atoms with Crippen LogP contribution in [0.3, 0.4) is 0 Å². The zero-order valence-electron chi connectivity index (χ0n) is 34.2. The van der Waals surface area contributed by atoms with Gasteiger partial charge in [-0.15, -0.1) is 0 Å². The Morgan fingerprint density at radius 3 is 1.73 bits per heavy atom. The van der Waals surface area contributed by atoms with Gasteiger partial charge in [0.15, 0.2) is 0 Å². The van der Waals surface area contributed by atoms with Crippen LogP contribution in [0.25, 0.3) is 0 Å². The van der Waals surface area contributed by atoms with Crippen LogP contribution < -0.4 is 108 Å². The van der Waals surface area contributed by atoms with Gasteiger partial charge in [-0.1, -0.05) is 74.0 Å². The number of esters is 2. The predicted octanol–water partition coefficient (Wildman–Crippen LogP) is -1.05. The number of aliphatic hydroxyl groups excluding tert-OH is 1. The van der Waals surface area contributed by atoms with Crippen LogP contribution in [0.15, 0.2) is 34.9 Å². The smallest absolute Gasteiger partial charge is 1.00 e. The molecule has 11 nitrogen and oxygen atoms in total. The van der Waals surface area contributed by atoms with Gasteiger partial charge < -0.3 is 35.7 Å². The number of fused-ring (bicyclic) bond motifs is 1. The van der Waals surface area contributed by atoms with Crippen LogP contribution in [-0.2, 0) is 43.1 Å². The number of hydrogen-bond acceptors (Lipinski definition) is 11. The Kier molecular flexibility index (Phi) is 23.4. The summed E-state index contributed by atoms with van der Waals surface area (Å²) >= 11 is 0. The molecule has 51 heavy (non-hydrogen) atoms. The Balaban J connectivity index is -0.000000593. The number of ether oxygens (including phenoxy) is 2. The van der Waals surface area contributed by atoms with Gasteiger partial charge in [0.1, 0.15) is 24.5 Å². The number of aliphatic hydroxyl groups is 1. The number of cyclic esters (lactones) is 2. The number of epoxide rings is 1. The Labute approximate surface area is 390 Å². The molecule has 1 N–H and O–H groups in total. The zero-order valence-corrected chi connectivity index (χ0v) is 39.5. The molecule has 0 aromatic heterocycles. The largest absolute Gasteiger partial charge is 1.00 e. The van der Waals surface area contributed by atoms with Crippen molar-refractivity contribution in [2.45, 2.75) is 120 Å². The van der Waals surface area contributed by atoms with Gasteiger partial charge in [-0.05, 0) is 85.2 Å². The van der Waals surface area contributed by atoms with Gasteiger partial charge in [0.25, 0.3) is 6.47 Å². The summed E-state index contributed by atoms with van der Waals surface area (Å²) in [6, 6.07) is 0. The Morgan fingerprint density at radius 1 is 0.843 bits per heavy atom. The summed E-state index contributed by atoms with van der Waals surface area (Å²) in [6.07, 6.45) is 10.4. The van der Waals surface area contributed by atoms with Crippen LogP contribution in [-0.4, -0.2) is 60.2 Å². The van der Waals surface area contributed by atoms with E-state index < -0.39 is 18.0 Å². The monoisotopic (exact) mass is 768 g/mol. The van der Waals surface area contributed by atoms with E-state index in [0.29, 0.717) is 23.9 Å². The molecule has 3 unspecified atom stereocenters. The Hall–Kier alpha value is -0.00727. The molecule has 1 saturated heterocycles. The molecule has 0 amide bonds. The number of rotatable bonds is 4. The second kappa shape index (κ2) is 22.5. The molecule has 278 valence electrons.